The van der Waals surface area contributed by atoms with Crippen LogP contribution in [0.4, 0.5) is 13.2 Å². The monoisotopic (exact) mass is 555 g/mol. The van der Waals surface area contributed by atoms with Gasteiger partial charge < -0.3 is 0 Å². The molecular formula is C29H28F3N3O3S. The van der Waals surface area contributed by atoms with Crippen molar-refractivity contribution in [2.75, 3.05) is 0 Å². The Labute approximate surface area is 226 Å². The van der Waals surface area contributed by atoms with Crippen LogP contribution in [0.2, 0.25) is 0 Å². The predicted molar refractivity (Wildman–Crippen MR) is 145 cm³/mol. The first-order valence-electron chi connectivity index (χ1n) is 12.3. The fraction of sp³-hybridized carbons (Fsp3) is 0.207. The fourth-order valence-electron chi connectivity index (χ4n) is 3.66. The molecule has 6 nitrogen and oxygen atoms in total. The van der Waals surface area contributed by atoms with Crippen molar-refractivity contribution in [2.45, 2.75) is 45.2 Å². The van der Waals surface area contributed by atoms with Gasteiger partial charge in [0.1, 0.15) is 0 Å². The summed E-state index contributed by atoms with van der Waals surface area (Å²) >= 11 is 0. The second-order valence-corrected chi connectivity index (χ2v) is 9.96. The normalized spacial score (nSPS) is 11.4. The first kappa shape index (κ1) is 29.5. The van der Waals surface area contributed by atoms with Crippen molar-refractivity contribution >= 4 is 15.9 Å². The van der Waals surface area contributed by atoms with Gasteiger partial charge in [-0.1, -0.05) is 51.1 Å². The summed E-state index contributed by atoms with van der Waals surface area (Å²) in [5.41, 5.74) is 3.22. The molecule has 0 unspecified atom stereocenters. The summed E-state index contributed by atoms with van der Waals surface area (Å²) in [5.74, 6) is -0.611. The Morgan fingerprint density at radius 3 is 2.08 bits per heavy atom. The van der Waals surface area contributed by atoms with E-state index in [4.69, 9.17) is 0 Å². The zero-order chi connectivity index (χ0) is 28.8. The Balaban J connectivity index is 0.00000205. The molecule has 0 aliphatic rings. The number of aromatic nitrogens is 2. The Hall–Kier alpha value is -4.05. The Kier molecular flexibility index (Phi) is 9.24. The highest BCUT2D eigenvalue weighted by Gasteiger charge is 2.30. The third-order valence-electron chi connectivity index (χ3n) is 5.52. The topological polar surface area (TPSA) is 89.0 Å². The molecular weight excluding hydrogens is 527 g/mol. The SMILES string of the molecule is CC.CCC(=O)NS(=O)(=O)c1cccc(-c2cccc(-c3cc(-c4ccc(C(F)(F)F)cc4)cc(C)n3)n2)c1. The number of benzene rings is 2. The summed E-state index contributed by atoms with van der Waals surface area (Å²) in [6, 6.07) is 19.7. The lowest BCUT2D eigenvalue weighted by atomic mass is 10.0. The lowest BCUT2D eigenvalue weighted by Gasteiger charge is -2.11. The molecule has 0 spiro atoms. The quantitative estimate of drug-likeness (QED) is 0.276. The summed E-state index contributed by atoms with van der Waals surface area (Å²) in [6.07, 6.45) is -4.39. The fourth-order valence-corrected chi connectivity index (χ4v) is 4.76. The molecule has 2 aromatic heterocycles. The molecule has 0 aliphatic heterocycles. The van der Waals surface area contributed by atoms with Crippen LogP contribution in [0.3, 0.4) is 0 Å². The van der Waals surface area contributed by atoms with Crippen LogP contribution in [-0.4, -0.2) is 24.3 Å². The summed E-state index contributed by atoms with van der Waals surface area (Å²) < 4.78 is 65.9. The zero-order valence-corrected chi connectivity index (χ0v) is 22.7. The zero-order valence-electron chi connectivity index (χ0n) is 21.9. The number of alkyl halides is 3. The number of nitrogens with zero attached hydrogens (tertiary/aromatic N) is 2. The Morgan fingerprint density at radius 2 is 1.44 bits per heavy atom. The number of carbonyl (C=O) groups is 1. The number of nitrogens with one attached hydrogen (secondary N) is 1. The van der Waals surface area contributed by atoms with Crippen molar-refractivity contribution in [2.24, 2.45) is 0 Å². The molecule has 0 saturated carbocycles. The molecule has 1 amide bonds. The number of halogens is 3. The number of hydrogen-bond acceptors (Lipinski definition) is 5. The molecule has 0 radical (unpaired) electrons. The lowest BCUT2D eigenvalue weighted by Crippen LogP contribution is -2.29. The maximum Gasteiger partial charge on any atom is 0.416 e. The number of amides is 1. The second kappa shape index (κ2) is 12.2. The largest absolute Gasteiger partial charge is 0.416 e. The van der Waals surface area contributed by atoms with Gasteiger partial charge >= 0.3 is 6.18 Å². The van der Waals surface area contributed by atoms with E-state index >= 15 is 0 Å². The van der Waals surface area contributed by atoms with Crippen LogP contribution in [0.25, 0.3) is 33.8 Å². The van der Waals surface area contributed by atoms with Gasteiger partial charge in [-0.15, -0.1) is 0 Å². The van der Waals surface area contributed by atoms with Crippen LogP contribution in [0.15, 0.2) is 83.8 Å². The first-order chi connectivity index (χ1) is 18.5. The van der Waals surface area contributed by atoms with Crippen LogP contribution in [0.1, 0.15) is 38.4 Å². The molecule has 2 heterocycles. The van der Waals surface area contributed by atoms with Gasteiger partial charge in [-0.3, -0.25) is 9.78 Å². The highest BCUT2D eigenvalue weighted by molar-refractivity contribution is 7.90. The smallest absolute Gasteiger partial charge is 0.274 e. The van der Waals surface area contributed by atoms with E-state index < -0.39 is 27.7 Å². The van der Waals surface area contributed by atoms with Crippen molar-refractivity contribution in [1.82, 2.24) is 14.7 Å². The minimum Gasteiger partial charge on any atom is -0.274 e. The van der Waals surface area contributed by atoms with E-state index in [9.17, 15) is 26.4 Å². The summed E-state index contributed by atoms with van der Waals surface area (Å²) in [7, 11) is -4.03. The summed E-state index contributed by atoms with van der Waals surface area (Å²) in [4.78, 5) is 20.7. The van der Waals surface area contributed by atoms with E-state index in [2.05, 4.69) is 9.97 Å². The standard InChI is InChI=1S/C27H22F3N3O3S.C2H6/c1-3-26(34)33-37(35,36)22-7-4-6-19(15-22)23-8-5-9-24(32-23)25-16-20(14-17(2)31-25)18-10-12-21(13-11-18)27(28,29)30;1-2/h4-16H,3H2,1-2H3,(H,33,34);1-2H3. The molecule has 0 atom stereocenters. The van der Waals surface area contributed by atoms with Crippen LogP contribution >= 0.6 is 0 Å². The van der Waals surface area contributed by atoms with E-state index in [-0.39, 0.29) is 11.3 Å². The van der Waals surface area contributed by atoms with Gasteiger partial charge in [-0.25, -0.2) is 18.1 Å². The number of aryl methyl sites for hydroxylation is 1. The van der Waals surface area contributed by atoms with Crippen LogP contribution in [0.5, 0.6) is 0 Å². The van der Waals surface area contributed by atoms with Crippen molar-refractivity contribution in [3.05, 3.63) is 90.1 Å². The number of rotatable bonds is 6. The maximum atomic E-state index is 12.9. The summed E-state index contributed by atoms with van der Waals surface area (Å²) in [5, 5.41) is 0. The van der Waals surface area contributed by atoms with E-state index in [1.807, 2.05) is 18.6 Å². The van der Waals surface area contributed by atoms with Crippen LogP contribution < -0.4 is 4.72 Å². The van der Waals surface area contributed by atoms with E-state index in [1.54, 1.807) is 56.3 Å². The van der Waals surface area contributed by atoms with Gasteiger partial charge in [0.25, 0.3) is 10.0 Å². The molecule has 4 rings (SSSR count). The lowest BCUT2D eigenvalue weighted by molar-refractivity contribution is -0.137. The van der Waals surface area contributed by atoms with Crippen molar-refractivity contribution in [1.29, 1.82) is 0 Å². The van der Waals surface area contributed by atoms with Gasteiger partial charge in [0.15, 0.2) is 0 Å². The van der Waals surface area contributed by atoms with Gasteiger partial charge in [-0.05, 0) is 66.6 Å². The maximum absolute atomic E-state index is 12.9. The number of hydrogen-bond donors (Lipinski definition) is 1. The van der Waals surface area contributed by atoms with Gasteiger partial charge in [-0.2, -0.15) is 13.2 Å². The highest BCUT2D eigenvalue weighted by atomic mass is 32.2. The van der Waals surface area contributed by atoms with E-state index in [0.717, 1.165) is 12.1 Å². The number of sulfonamides is 1. The Bertz CT molecular complexity index is 1570. The van der Waals surface area contributed by atoms with Crippen LogP contribution in [-0.2, 0) is 21.0 Å². The molecule has 204 valence electrons. The van der Waals surface area contributed by atoms with Crippen molar-refractivity contribution in [3.63, 3.8) is 0 Å². The highest BCUT2D eigenvalue weighted by Crippen LogP contribution is 2.32. The van der Waals surface area contributed by atoms with Gasteiger partial charge in [0, 0.05) is 17.7 Å². The van der Waals surface area contributed by atoms with E-state index in [1.165, 1.54) is 24.3 Å². The van der Waals surface area contributed by atoms with Crippen molar-refractivity contribution in [3.8, 4) is 33.8 Å². The average Bonchev–Trinajstić information content (AvgIpc) is 2.93. The Morgan fingerprint density at radius 1 is 0.795 bits per heavy atom. The molecule has 39 heavy (non-hydrogen) atoms. The predicted octanol–water partition coefficient (Wildman–Crippen LogP) is 7.05. The third kappa shape index (κ3) is 7.29. The molecule has 0 bridgehead atoms. The van der Waals surface area contributed by atoms with Crippen molar-refractivity contribution < 1.29 is 26.4 Å². The second-order valence-electron chi connectivity index (χ2n) is 8.28. The molecule has 2 aromatic carbocycles. The number of carbonyl (C=O) groups excluding carboxylic acids is 1. The minimum atomic E-state index is -4.42. The minimum absolute atomic E-state index is 0.0282. The average molecular weight is 556 g/mol. The van der Waals surface area contributed by atoms with E-state index in [0.29, 0.717) is 39.5 Å². The van der Waals surface area contributed by atoms with Gasteiger partial charge in [0.05, 0.1) is 27.5 Å². The van der Waals surface area contributed by atoms with Crippen LogP contribution in [0, 0.1) is 6.92 Å². The number of pyridine rings is 2. The molecule has 1 N–H and O–H groups in total. The summed E-state index contributed by atoms with van der Waals surface area (Å²) in [6.45, 7) is 7.33. The molecule has 10 heteroatoms. The molecule has 0 aliphatic carbocycles. The third-order valence-corrected chi connectivity index (χ3v) is 6.89. The molecule has 4 aromatic rings. The van der Waals surface area contributed by atoms with Gasteiger partial charge in [0.2, 0.25) is 5.91 Å². The molecule has 0 saturated heterocycles. The first-order valence-corrected chi connectivity index (χ1v) is 13.7. The molecule has 0 fully saturated rings.